The third-order valence-electron chi connectivity index (χ3n) is 3.48. The van der Waals surface area contributed by atoms with Crippen LogP contribution in [0, 0.1) is 22.7 Å². The van der Waals surface area contributed by atoms with Crippen molar-refractivity contribution >= 4 is 11.5 Å². The fraction of sp³-hybridized carbons (Fsp3) is 0.562. The number of hydrogen-bond acceptors (Lipinski definition) is 5. The van der Waals surface area contributed by atoms with E-state index in [9.17, 15) is 15.2 Å². The molecule has 21 heavy (non-hydrogen) atoms. The van der Waals surface area contributed by atoms with Crippen LogP contribution in [0.3, 0.4) is 0 Å². The number of ketones is 1. The van der Waals surface area contributed by atoms with Crippen molar-refractivity contribution in [1.82, 2.24) is 0 Å². The summed E-state index contributed by atoms with van der Waals surface area (Å²) in [6.45, 7) is 9.30. The molecule has 0 aromatic rings. The summed E-state index contributed by atoms with van der Waals surface area (Å²) in [5.74, 6) is -1.10. The van der Waals surface area contributed by atoms with Gasteiger partial charge < -0.3 is 9.94 Å². The second kappa shape index (κ2) is 7.07. The minimum absolute atomic E-state index is 0.145. The molecule has 1 aliphatic carbocycles. The van der Waals surface area contributed by atoms with E-state index < -0.39 is 11.3 Å². The highest BCUT2D eigenvalue weighted by Crippen LogP contribution is 2.41. The first-order chi connectivity index (χ1) is 9.88. The van der Waals surface area contributed by atoms with Crippen LogP contribution in [-0.2, 0) is 9.63 Å². The van der Waals surface area contributed by atoms with Crippen LogP contribution in [0.25, 0.3) is 0 Å². The average Bonchev–Trinajstić information content (AvgIpc) is 2.37. The predicted octanol–water partition coefficient (Wildman–Crippen LogP) is 3.30. The lowest BCUT2D eigenvalue weighted by Crippen LogP contribution is -2.36. The van der Waals surface area contributed by atoms with E-state index in [0.717, 1.165) is 6.42 Å². The maximum absolute atomic E-state index is 12.3. The van der Waals surface area contributed by atoms with Crippen LogP contribution in [0.1, 0.15) is 40.0 Å². The molecule has 5 heteroatoms. The second-order valence-electron chi connectivity index (χ2n) is 5.78. The molecule has 0 radical (unpaired) electrons. The summed E-state index contributed by atoms with van der Waals surface area (Å²) >= 11 is 0. The molecule has 114 valence electrons. The van der Waals surface area contributed by atoms with Gasteiger partial charge in [-0.1, -0.05) is 45.0 Å². The Bertz CT molecular complexity index is 524. The molecular formula is C16H22N2O3. The summed E-state index contributed by atoms with van der Waals surface area (Å²) in [5, 5.41) is 23.6. The lowest BCUT2D eigenvalue weighted by Gasteiger charge is -2.34. The van der Waals surface area contributed by atoms with E-state index in [1.807, 2.05) is 6.92 Å². The van der Waals surface area contributed by atoms with Crippen molar-refractivity contribution < 1.29 is 14.7 Å². The summed E-state index contributed by atoms with van der Waals surface area (Å²) in [5.41, 5.74) is -0.0389. The number of rotatable bonds is 6. The molecule has 0 heterocycles. The maximum Gasteiger partial charge on any atom is 0.168 e. The zero-order valence-electron chi connectivity index (χ0n) is 12.8. The minimum atomic E-state index is -0.716. The molecule has 1 rings (SSSR count). The highest BCUT2D eigenvalue weighted by Gasteiger charge is 2.43. The van der Waals surface area contributed by atoms with Crippen molar-refractivity contribution in [2.75, 3.05) is 6.61 Å². The maximum atomic E-state index is 12.3. The van der Waals surface area contributed by atoms with Crippen molar-refractivity contribution in [3.63, 3.8) is 0 Å². The SMILES string of the molecule is C=CCON=C(CCC)C1=C(O)C(C#N)C(C)(C)CC1=O. The number of Topliss-reactive ketones (excluding diaryl/α,β-unsaturated/α-hetero) is 1. The third kappa shape index (κ3) is 3.72. The second-order valence-corrected chi connectivity index (χ2v) is 5.78. The Balaban J connectivity index is 3.27. The number of carbonyl (C=O) groups is 1. The van der Waals surface area contributed by atoms with E-state index in [4.69, 9.17) is 4.84 Å². The van der Waals surface area contributed by atoms with Gasteiger partial charge in [-0.2, -0.15) is 5.26 Å². The molecule has 0 bridgehead atoms. The van der Waals surface area contributed by atoms with E-state index in [-0.39, 0.29) is 30.1 Å². The molecule has 1 aliphatic rings. The van der Waals surface area contributed by atoms with Gasteiger partial charge in [0.1, 0.15) is 18.3 Å². The predicted molar refractivity (Wildman–Crippen MR) is 80.7 cm³/mol. The van der Waals surface area contributed by atoms with E-state index >= 15 is 0 Å². The highest BCUT2D eigenvalue weighted by atomic mass is 16.6. The largest absolute Gasteiger partial charge is 0.510 e. The minimum Gasteiger partial charge on any atom is -0.510 e. The number of hydrogen-bond donors (Lipinski definition) is 1. The van der Waals surface area contributed by atoms with Gasteiger partial charge >= 0.3 is 0 Å². The fourth-order valence-electron chi connectivity index (χ4n) is 2.43. The van der Waals surface area contributed by atoms with Crippen molar-refractivity contribution in [2.24, 2.45) is 16.5 Å². The van der Waals surface area contributed by atoms with E-state index in [2.05, 4.69) is 17.8 Å². The van der Waals surface area contributed by atoms with Gasteiger partial charge in [-0.15, -0.1) is 0 Å². The Hall–Kier alpha value is -2.09. The van der Waals surface area contributed by atoms with Gasteiger partial charge in [-0.05, 0) is 11.8 Å². The van der Waals surface area contributed by atoms with Crippen molar-refractivity contribution in [3.8, 4) is 6.07 Å². The van der Waals surface area contributed by atoms with E-state index in [0.29, 0.717) is 12.1 Å². The molecule has 0 aromatic heterocycles. The van der Waals surface area contributed by atoms with Gasteiger partial charge in [-0.3, -0.25) is 4.79 Å². The molecule has 0 spiro atoms. The van der Waals surface area contributed by atoms with Crippen LogP contribution in [0.15, 0.2) is 29.1 Å². The Kier molecular flexibility index (Phi) is 5.71. The topological polar surface area (TPSA) is 82.7 Å². The summed E-state index contributed by atoms with van der Waals surface area (Å²) in [4.78, 5) is 17.4. The smallest absolute Gasteiger partial charge is 0.168 e. The molecule has 0 amide bonds. The van der Waals surface area contributed by atoms with Crippen molar-refractivity contribution in [1.29, 1.82) is 5.26 Å². The first-order valence-electron chi connectivity index (χ1n) is 7.05. The van der Waals surface area contributed by atoms with Gasteiger partial charge in [0.05, 0.1) is 17.4 Å². The normalized spacial score (nSPS) is 21.9. The standard InChI is InChI=1S/C16H22N2O3/c1-5-7-12(18-21-8-6-2)14-13(19)9-16(3,4)11(10-17)15(14)20/h6,11,20H,2,5,7-9H2,1,3-4H3. The van der Waals surface area contributed by atoms with Crippen molar-refractivity contribution in [3.05, 3.63) is 24.0 Å². The van der Waals surface area contributed by atoms with Gasteiger partial charge in [0.25, 0.3) is 0 Å². The lowest BCUT2D eigenvalue weighted by molar-refractivity contribution is -0.118. The number of oxime groups is 1. The fourth-order valence-corrected chi connectivity index (χ4v) is 2.43. The van der Waals surface area contributed by atoms with Gasteiger partial charge in [0.2, 0.25) is 0 Å². The molecular weight excluding hydrogens is 268 g/mol. The molecule has 0 aromatic carbocycles. The summed E-state index contributed by atoms with van der Waals surface area (Å²) in [6, 6.07) is 2.09. The van der Waals surface area contributed by atoms with Gasteiger partial charge in [0.15, 0.2) is 5.78 Å². The number of nitrogens with zero attached hydrogens (tertiary/aromatic N) is 2. The summed E-state index contributed by atoms with van der Waals surface area (Å²) < 4.78 is 0. The highest BCUT2D eigenvalue weighted by molar-refractivity contribution is 6.23. The number of nitriles is 1. The Morgan fingerprint density at radius 2 is 2.33 bits per heavy atom. The van der Waals surface area contributed by atoms with Crippen LogP contribution in [0.2, 0.25) is 0 Å². The van der Waals surface area contributed by atoms with E-state index in [1.165, 1.54) is 0 Å². The van der Waals surface area contributed by atoms with Crippen molar-refractivity contribution in [2.45, 2.75) is 40.0 Å². The van der Waals surface area contributed by atoms with Gasteiger partial charge in [0, 0.05) is 6.42 Å². The Morgan fingerprint density at radius 3 is 2.86 bits per heavy atom. The lowest BCUT2D eigenvalue weighted by atomic mass is 9.68. The van der Waals surface area contributed by atoms with E-state index in [1.54, 1.807) is 19.9 Å². The molecule has 1 atom stereocenters. The van der Waals surface area contributed by atoms with Crippen LogP contribution in [0.5, 0.6) is 0 Å². The quantitative estimate of drug-likeness (QED) is 0.352. The summed E-state index contributed by atoms with van der Waals surface area (Å²) in [6.07, 6.45) is 3.00. The molecule has 1 unspecified atom stereocenters. The first kappa shape index (κ1) is 17.0. The molecule has 5 nitrogen and oxygen atoms in total. The van der Waals surface area contributed by atoms with Crippen LogP contribution < -0.4 is 0 Å². The summed E-state index contributed by atoms with van der Waals surface area (Å²) in [7, 11) is 0. The Labute approximate surface area is 125 Å². The van der Waals surface area contributed by atoms with Gasteiger partial charge in [-0.25, -0.2) is 0 Å². The molecule has 0 saturated heterocycles. The zero-order chi connectivity index (χ0) is 16.0. The molecule has 0 fully saturated rings. The molecule has 0 saturated carbocycles. The average molecular weight is 290 g/mol. The molecule has 0 aliphatic heterocycles. The zero-order valence-corrected chi connectivity index (χ0v) is 12.8. The Morgan fingerprint density at radius 1 is 1.67 bits per heavy atom. The number of aliphatic hydroxyl groups is 1. The number of carbonyl (C=O) groups excluding carboxylic acids is 1. The monoisotopic (exact) mass is 290 g/mol. The first-order valence-corrected chi connectivity index (χ1v) is 7.05. The molecule has 1 N–H and O–H groups in total. The van der Waals surface area contributed by atoms with Crippen LogP contribution in [0.4, 0.5) is 0 Å². The number of aliphatic hydroxyl groups excluding tert-OH is 1. The van der Waals surface area contributed by atoms with Crippen LogP contribution in [-0.4, -0.2) is 23.2 Å². The number of allylic oxidation sites excluding steroid dienone is 2. The van der Waals surface area contributed by atoms with Crippen LogP contribution >= 0.6 is 0 Å². The third-order valence-corrected chi connectivity index (χ3v) is 3.48.